The van der Waals surface area contributed by atoms with Gasteiger partial charge >= 0.3 is 12.4 Å². The van der Waals surface area contributed by atoms with E-state index in [9.17, 15) is 35.5 Å². The first-order chi connectivity index (χ1) is 16.3. The summed E-state index contributed by atoms with van der Waals surface area (Å²) in [5.41, 5.74) is 1.89. The van der Waals surface area contributed by atoms with E-state index >= 15 is 0 Å². The summed E-state index contributed by atoms with van der Waals surface area (Å²) in [5, 5.41) is 3.90. The fourth-order valence-corrected chi connectivity index (χ4v) is 3.03. The van der Waals surface area contributed by atoms with Gasteiger partial charge in [0.2, 0.25) is 5.91 Å². The first kappa shape index (κ1) is 25.5. The number of nitrogen functional groups attached to an aromatic ring is 1. The van der Waals surface area contributed by atoms with Gasteiger partial charge in [0.05, 0.1) is 29.8 Å². The number of hydrogen-bond acceptors (Lipinski definition) is 4. The Morgan fingerprint density at radius 2 is 1.74 bits per heavy atom. The molecule has 0 bridgehead atoms. The molecule has 35 heavy (non-hydrogen) atoms. The van der Waals surface area contributed by atoms with Crippen LogP contribution in [0.4, 0.5) is 42.2 Å². The van der Waals surface area contributed by atoms with Crippen molar-refractivity contribution in [2.75, 3.05) is 17.2 Å². The molecule has 3 rings (SSSR count). The molecule has 2 aromatic heterocycles. The van der Waals surface area contributed by atoms with Gasteiger partial charge in [-0.25, -0.2) is 4.39 Å². The van der Waals surface area contributed by atoms with Gasteiger partial charge in [-0.3, -0.25) is 14.5 Å². The van der Waals surface area contributed by atoms with Crippen LogP contribution in [0.25, 0.3) is 0 Å². The molecule has 184 valence electrons. The number of anilines is 2. The molecular weight excluding hydrogens is 483 g/mol. The Labute approximate surface area is 194 Å². The Hall–Kier alpha value is -4.08. The standard InChI is InChI=1S/C22H16F7N5O/c1-33-16(10-19(30)32-33)3-2-8-34(15-6-4-14(23)5-7-15)20(35)11-18-17(22(27,28)29)9-13(12-31-18)21(24,25)26/h4-7,9-10,12H,8,11H2,1H3,(H2,30,32). The minimum atomic E-state index is -5.19. The van der Waals surface area contributed by atoms with Gasteiger partial charge in [0.25, 0.3) is 0 Å². The zero-order valence-electron chi connectivity index (χ0n) is 17.9. The van der Waals surface area contributed by atoms with E-state index in [0.717, 1.165) is 17.0 Å². The molecule has 0 spiro atoms. The number of hydrogen-bond donors (Lipinski definition) is 1. The molecule has 3 aromatic rings. The topological polar surface area (TPSA) is 77.0 Å². The molecular formula is C22H16F7N5O. The van der Waals surface area contributed by atoms with Crippen molar-refractivity contribution >= 4 is 17.4 Å². The number of aromatic nitrogens is 3. The van der Waals surface area contributed by atoms with E-state index in [1.807, 2.05) is 0 Å². The summed E-state index contributed by atoms with van der Waals surface area (Å²) in [6, 6.07) is 5.84. The van der Waals surface area contributed by atoms with Gasteiger partial charge in [0.1, 0.15) is 17.3 Å². The first-order valence-electron chi connectivity index (χ1n) is 9.73. The van der Waals surface area contributed by atoms with Crippen LogP contribution in [0.3, 0.4) is 0 Å². The Balaban J connectivity index is 1.95. The lowest BCUT2D eigenvalue weighted by atomic mass is 10.1. The summed E-state index contributed by atoms with van der Waals surface area (Å²) in [4.78, 5) is 17.2. The smallest absolute Gasteiger partial charge is 0.382 e. The maximum atomic E-state index is 13.5. The molecule has 13 heteroatoms. The van der Waals surface area contributed by atoms with Crippen molar-refractivity contribution in [1.82, 2.24) is 14.8 Å². The lowest BCUT2D eigenvalue weighted by molar-refractivity contribution is -0.143. The number of amides is 1. The fraction of sp³-hybridized carbons (Fsp3) is 0.227. The molecule has 2 heterocycles. The summed E-state index contributed by atoms with van der Waals surface area (Å²) < 4.78 is 93.8. The summed E-state index contributed by atoms with van der Waals surface area (Å²) in [7, 11) is 1.57. The minimum absolute atomic E-state index is 0.0928. The second-order valence-electron chi connectivity index (χ2n) is 7.23. The fourth-order valence-electron chi connectivity index (χ4n) is 3.03. The van der Waals surface area contributed by atoms with Crippen molar-refractivity contribution in [2.24, 2.45) is 7.05 Å². The third-order valence-corrected chi connectivity index (χ3v) is 4.71. The number of alkyl halides is 6. The largest absolute Gasteiger partial charge is 0.418 e. The molecule has 0 saturated heterocycles. The second kappa shape index (κ2) is 9.65. The van der Waals surface area contributed by atoms with Gasteiger partial charge in [-0.15, -0.1) is 0 Å². The molecule has 1 amide bonds. The van der Waals surface area contributed by atoms with E-state index in [0.29, 0.717) is 5.69 Å². The predicted molar refractivity (Wildman–Crippen MR) is 111 cm³/mol. The van der Waals surface area contributed by atoms with Gasteiger partial charge in [0, 0.05) is 25.0 Å². The van der Waals surface area contributed by atoms with E-state index in [1.54, 1.807) is 7.05 Å². The molecule has 1 aromatic carbocycles. The Morgan fingerprint density at radius 3 is 2.29 bits per heavy atom. The highest BCUT2D eigenvalue weighted by Gasteiger charge is 2.39. The predicted octanol–water partition coefficient (Wildman–Crippen LogP) is 4.20. The SMILES string of the molecule is Cn1nc(N)cc1C#CCN(C(=O)Cc1ncc(C(F)(F)F)cc1C(F)(F)F)c1ccc(F)cc1. The average molecular weight is 499 g/mol. The van der Waals surface area contributed by atoms with Gasteiger partial charge < -0.3 is 10.6 Å². The van der Waals surface area contributed by atoms with Crippen LogP contribution < -0.4 is 10.6 Å². The minimum Gasteiger partial charge on any atom is -0.382 e. The molecule has 0 radical (unpaired) electrons. The van der Waals surface area contributed by atoms with Gasteiger partial charge in [-0.05, 0) is 36.3 Å². The number of halogens is 7. The number of aryl methyl sites for hydroxylation is 1. The zero-order valence-corrected chi connectivity index (χ0v) is 17.9. The maximum Gasteiger partial charge on any atom is 0.418 e. The highest BCUT2D eigenvalue weighted by molar-refractivity contribution is 5.95. The van der Waals surface area contributed by atoms with Crippen molar-refractivity contribution in [1.29, 1.82) is 0 Å². The summed E-state index contributed by atoms with van der Waals surface area (Å²) >= 11 is 0. The number of carbonyl (C=O) groups excluding carboxylic acids is 1. The number of benzene rings is 1. The van der Waals surface area contributed by atoms with E-state index in [4.69, 9.17) is 5.73 Å². The lowest BCUT2D eigenvalue weighted by Gasteiger charge is -2.21. The maximum absolute atomic E-state index is 13.5. The monoisotopic (exact) mass is 499 g/mol. The van der Waals surface area contributed by atoms with Crippen LogP contribution in [0, 0.1) is 17.7 Å². The highest BCUT2D eigenvalue weighted by atomic mass is 19.4. The molecule has 0 atom stereocenters. The zero-order chi connectivity index (χ0) is 26.0. The Bertz CT molecular complexity index is 1280. The summed E-state index contributed by atoms with van der Waals surface area (Å²) in [6.45, 7) is -0.336. The molecule has 0 fully saturated rings. The Kier molecular flexibility index (Phi) is 7.04. The molecule has 0 aliphatic heterocycles. The Morgan fingerprint density at radius 1 is 1.09 bits per heavy atom. The number of rotatable bonds is 4. The third-order valence-electron chi connectivity index (χ3n) is 4.71. The molecule has 6 nitrogen and oxygen atoms in total. The van der Waals surface area contributed by atoms with Crippen molar-refractivity contribution in [3.05, 3.63) is 70.9 Å². The average Bonchev–Trinajstić information content (AvgIpc) is 3.07. The molecule has 2 N–H and O–H groups in total. The molecule has 0 saturated carbocycles. The van der Waals surface area contributed by atoms with Crippen LogP contribution in [-0.2, 0) is 30.6 Å². The van der Waals surface area contributed by atoms with Gasteiger partial charge in [0.15, 0.2) is 0 Å². The number of pyridine rings is 1. The van der Waals surface area contributed by atoms with Gasteiger partial charge in [-0.2, -0.15) is 31.4 Å². The van der Waals surface area contributed by atoms with Crippen molar-refractivity contribution in [3.63, 3.8) is 0 Å². The van der Waals surface area contributed by atoms with E-state index < -0.39 is 47.3 Å². The number of carbonyl (C=O) groups is 1. The summed E-state index contributed by atoms with van der Waals surface area (Å²) in [6.07, 6.45) is -11.0. The van der Waals surface area contributed by atoms with E-state index in [2.05, 4.69) is 21.9 Å². The van der Waals surface area contributed by atoms with Crippen LogP contribution in [0.2, 0.25) is 0 Å². The van der Waals surface area contributed by atoms with Crippen LogP contribution in [0.1, 0.15) is 22.5 Å². The van der Waals surface area contributed by atoms with Crippen molar-refractivity contribution in [3.8, 4) is 11.8 Å². The number of nitrogens with zero attached hydrogens (tertiary/aromatic N) is 4. The van der Waals surface area contributed by atoms with Gasteiger partial charge in [-0.1, -0.05) is 5.92 Å². The molecule has 0 aliphatic rings. The molecule has 0 unspecified atom stereocenters. The number of nitrogens with two attached hydrogens (primary N) is 1. The normalized spacial score (nSPS) is 11.7. The first-order valence-corrected chi connectivity index (χ1v) is 9.73. The van der Waals surface area contributed by atoms with Crippen LogP contribution >= 0.6 is 0 Å². The second-order valence-corrected chi connectivity index (χ2v) is 7.23. The van der Waals surface area contributed by atoms with E-state index in [1.165, 1.54) is 22.9 Å². The van der Waals surface area contributed by atoms with Crippen molar-refractivity contribution in [2.45, 2.75) is 18.8 Å². The van der Waals surface area contributed by atoms with Crippen LogP contribution in [0.15, 0.2) is 42.6 Å². The van der Waals surface area contributed by atoms with Crippen LogP contribution in [-0.4, -0.2) is 27.2 Å². The summed E-state index contributed by atoms with van der Waals surface area (Å²) in [5.74, 6) is 3.99. The molecule has 0 aliphatic carbocycles. The van der Waals surface area contributed by atoms with E-state index in [-0.39, 0.29) is 30.3 Å². The van der Waals surface area contributed by atoms with Crippen molar-refractivity contribution < 1.29 is 35.5 Å². The third kappa shape index (κ3) is 6.28. The lowest BCUT2D eigenvalue weighted by Crippen LogP contribution is -2.33. The quantitative estimate of drug-likeness (QED) is 0.431. The highest BCUT2D eigenvalue weighted by Crippen LogP contribution is 2.36. The van der Waals surface area contributed by atoms with Crippen LogP contribution in [0.5, 0.6) is 0 Å².